The van der Waals surface area contributed by atoms with Crippen LogP contribution >= 0.6 is 0 Å². The van der Waals surface area contributed by atoms with Gasteiger partial charge in [0.15, 0.2) is 0 Å². The van der Waals surface area contributed by atoms with Crippen molar-refractivity contribution < 1.29 is 9.53 Å². The van der Waals surface area contributed by atoms with E-state index in [2.05, 4.69) is 41.4 Å². The van der Waals surface area contributed by atoms with Gasteiger partial charge in [-0.2, -0.15) is 0 Å². The van der Waals surface area contributed by atoms with E-state index in [1.54, 1.807) is 7.11 Å². The first-order valence-electron chi connectivity index (χ1n) is 9.12. The minimum Gasteiger partial charge on any atom is -0.497 e. The number of carbonyl (C=O) groups excluding carboxylic acids is 1. The van der Waals surface area contributed by atoms with Crippen molar-refractivity contribution in [3.05, 3.63) is 65.2 Å². The van der Waals surface area contributed by atoms with E-state index >= 15 is 0 Å². The fraction of sp³-hybridized carbons (Fsp3) is 0.409. The zero-order chi connectivity index (χ0) is 18.9. The van der Waals surface area contributed by atoms with Crippen molar-refractivity contribution in [2.24, 2.45) is 0 Å². The molecule has 0 aliphatic rings. The maximum atomic E-state index is 12.2. The van der Waals surface area contributed by atoms with Crippen LogP contribution in [0.2, 0.25) is 0 Å². The van der Waals surface area contributed by atoms with Crippen molar-refractivity contribution in [2.75, 3.05) is 27.7 Å². The van der Waals surface area contributed by atoms with E-state index in [1.165, 1.54) is 11.1 Å². The maximum absolute atomic E-state index is 12.2. The van der Waals surface area contributed by atoms with Gasteiger partial charge >= 0.3 is 0 Å². The molecule has 4 heteroatoms. The van der Waals surface area contributed by atoms with Gasteiger partial charge in [0.25, 0.3) is 0 Å². The van der Waals surface area contributed by atoms with E-state index in [1.807, 2.05) is 38.4 Å². The van der Waals surface area contributed by atoms with Gasteiger partial charge in [-0.1, -0.05) is 42.0 Å². The zero-order valence-electron chi connectivity index (χ0n) is 16.3. The van der Waals surface area contributed by atoms with Gasteiger partial charge in [0.1, 0.15) is 5.75 Å². The summed E-state index contributed by atoms with van der Waals surface area (Å²) >= 11 is 0. The predicted molar refractivity (Wildman–Crippen MR) is 107 cm³/mol. The normalized spacial score (nSPS) is 12.0. The third-order valence-electron chi connectivity index (χ3n) is 4.61. The Hall–Kier alpha value is -2.33. The standard InChI is InChI=1S/C22H30N2O2/c1-17-8-10-18(11-9-17)6-5-7-22(25)23-16-21(24(2)3)19-12-14-20(26-4)15-13-19/h8-15,21H,5-7,16H2,1-4H3,(H,23,25). The Morgan fingerprint density at radius 2 is 1.73 bits per heavy atom. The number of nitrogens with one attached hydrogen (secondary N) is 1. The number of rotatable bonds is 9. The molecule has 2 aromatic carbocycles. The van der Waals surface area contributed by atoms with Crippen LogP contribution in [0, 0.1) is 6.92 Å². The van der Waals surface area contributed by atoms with E-state index in [0.717, 1.165) is 24.2 Å². The molecule has 1 amide bonds. The number of methoxy groups -OCH3 is 1. The van der Waals surface area contributed by atoms with Crippen LogP contribution in [0.15, 0.2) is 48.5 Å². The lowest BCUT2D eigenvalue weighted by atomic mass is 10.0. The number of nitrogens with zero attached hydrogens (tertiary/aromatic N) is 1. The molecule has 0 heterocycles. The highest BCUT2D eigenvalue weighted by Gasteiger charge is 2.15. The molecule has 2 aromatic rings. The summed E-state index contributed by atoms with van der Waals surface area (Å²) in [5, 5.41) is 3.07. The van der Waals surface area contributed by atoms with Crippen LogP contribution in [0.25, 0.3) is 0 Å². The second-order valence-electron chi connectivity index (χ2n) is 6.90. The largest absolute Gasteiger partial charge is 0.497 e. The zero-order valence-corrected chi connectivity index (χ0v) is 16.3. The van der Waals surface area contributed by atoms with Crippen molar-refractivity contribution in [2.45, 2.75) is 32.2 Å². The summed E-state index contributed by atoms with van der Waals surface area (Å²) in [6.07, 6.45) is 2.35. The van der Waals surface area contributed by atoms with Crippen LogP contribution in [-0.2, 0) is 11.2 Å². The Kier molecular flexibility index (Phi) is 7.67. The molecule has 0 fully saturated rings. The number of benzene rings is 2. The lowest BCUT2D eigenvalue weighted by molar-refractivity contribution is -0.121. The fourth-order valence-electron chi connectivity index (χ4n) is 2.93. The van der Waals surface area contributed by atoms with E-state index < -0.39 is 0 Å². The topological polar surface area (TPSA) is 41.6 Å². The van der Waals surface area contributed by atoms with Crippen LogP contribution < -0.4 is 10.1 Å². The van der Waals surface area contributed by atoms with Crippen LogP contribution in [0.5, 0.6) is 5.75 Å². The molecule has 1 N–H and O–H groups in total. The number of hydrogen-bond acceptors (Lipinski definition) is 3. The van der Waals surface area contributed by atoms with Crippen molar-refractivity contribution in [3.63, 3.8) is 0 Å². The molecular formula is C22H30N2O2. The summed E-state index contributed by atoms with van der Waals surface area (Å²) in [7, 11) is 5.71. The summed E-state index contributed by atoms with van der Waals surface area (Å²) in [5.74, 6) is 0.948. The van der Waals surface area contributed by atoms with Gasteiger partial charge in [-0.15, -0.1) is 0 Å². The van der Waals surface area contributed by atoms with Crippen molar-refractivity contribution >= 4 is 5.91 Å². The molecule has 0 saturated heterocycles. The van der Waals surface area contributed by atoms with Crippen LogP contribution in [0.4, 0.5) is 0 Å². The van der Waals surface area contributed by atoms with Gasteiger partial charge in [-0.05, 0) is 57.1 Å². The monoisotopic (exact) mass is 354 g/mol. The van der Waals surface area contributed by atoms with Gasteiger partial charge in [-0.3, -0.25) is 4.79 Å². The third-order valence-corrected chi connectivity index (χ3v) is 4.61. The Morgan fingerprint density at radius 3 is 2.31 bits per heavy atom. The molecule has 0 radical (unpaired) electrons. The van der Waals surface area contributed by atoms with Crippen molar-refractivity contribution in [1.29, 1.82) is 0 Å². The summed E-state index contributed by atoms with van der Waals surface area (Å²) < 4.78 is 5.21. The molecule has 140 valence electrons. The number of carbonyl (C=O) groups is 1. The van der Waals surface area contributed by atoms with Gasteiger partial charge in [0.05, 0.1) is 13.2 Å². The number of hydrogen-bond donors (Lipinski definition) is 1. The Labute approximate surface area is 157 Å². The average Bonchev–Trinajstić information content (AvgIpc) is 2.64. The van der Waals surface area contributed by atoms with Gasteiger partial charge in [0.2, 0.25) is 5.91 Å². The van der Waals surface area contributed by atoms with Crippen molar-refractivity contribution in [3.8, 4) is 5.75 Å². The summed E-state index contributed by atoms with van der Waals surface area (Å²) in [4.78, 5) is 14.3. The molecular weight excluding hydrogens is 324 g/mol. The van der Waals surface area contributed by atoms with E-state index in [0.29, 0.717) is 13.0 Å². The minimum absolute atomic E-state index is 0.109. The first-order chi connectivity index (χ1) is 12.5. The summed E-state index contributed by atoms with van der Waals surface area (Å²) in [6, 6.07) is 16.7. The van der Waals surface area contributed by atoms with Crippen LogP contribution in [0.1, 0.15) is 35.6 Å². The quantitative estimate of drug-likeness (QED) is 0.746. The predicted octanol–water partition coefficient (Wildman–Crippen LogP) is 3.75. The second kappa shape index (κ2) is 9.97. The van der Waals surface area contributed by atoms with E-state index in [-0.39, 0.29) is 11.9 Å². The van der Waals surface area contributed by atoms with E-state index in [9.17, 15) is 4.79 Å². The van der Waals surface area contributed by atoms with Gasteiger partial charge in [-0.25, -0.2) is 0 Å². The Morgan fingerprint density at radius 1 is 1.08 bits per heavy atom. The molecule has 4 nitrogen and oxygen atoms in total. The smallest absolute Gasteiger partial charge is 0.220 e. The van der Waals surface area contributed by atoms with E-state index in [4.69, 9.17) is 4.74 Å². The fourth-order valence-corrected chi connectivity index (χ4v) is 2.93. The molecule has 2 rings (SSSR count). The third kappa shape index (κ3) is 6.19. The average molecular weight is 354 g/mol. The highest BCUT2D eigenvalue weighted by molar-refractivity contribution is 5.75. The highest BCUT2D eigenvalue weighted by atomic mass is 16.5. The van der Waals surface area contributed by atoms with Gasteiger partial charge in [0, 0.05) is 13.0 Å². The molecule has 0 aromatic heterocycles. The molecule has 1 unspecified atom stereocenters. The number of amides is 1. The number of aryl methyl sites for hydroxylation is 2. The molecule has 0 spiro atoms. The Bertz CT molecular complexity index is 678. The molecule has 0 aliphatic heterocycles. The summed E-state index contributed by atoms with van der Waals surface area (Å²) in [5.41, 5.74) is 3.71. The first-order valence-corrected chi connectivity index (χ1v) is 9.12. The minimum atomic E-state index is 0.109. The second-order valence-corrected chi connectivity index (χ2v) is 6.90. The van der Waals surface area contributed by atoms with Crippen LogP contribution in [-0.4, -0.2) is 38.6 Å². The first kappa shape index (κ1) is 20.0. The Balaban J connectivity index is 1.80. The lowest BCUT2D eigenvalue weighted by Gasteiger charge is -2.25. The molecule has 26 heavy (non-hydrogen) atoms. The van der Waals surface area contributed by atoms with Gasteiger partial charge < -0.3 is 15.0 Å². The molecule has 0 bridgehead atoms. The molecule has 0 aliphatic carbocycles. The molecule has 0 saturated carbocycles. The highest BCUT2D eigenvalue weighted by Crippen LogP contribution is 2.20. The molecule has 1 atom stereocenters. The number of likely N-dealkylation sites (N-methyl/N-ethyl adjacent to an activating group) is 1. The van der Waals surface area contributed by atoms with Crippen LogP contribution in [0.3, 0.4) is 0 Å². The SMILES string of the molecule is COc1ccc(C(CNC(=O)CCCc2ccc(C)cc2)N(C)C)cc1. The summed E-state index contributed by atoms with van der Waals surface area (Å²) in [6.45, 7) is 2.68. The van der Waals surface area contributed by atoms with Crippen molar-refractivity contribution in [1.82, 2.24) is 10.2 Å². The maximum Gasteiger partial charge on any atom is 0.220 e. The lowest BCUT2D eigenvalue weighted by Crippen LogP contribution is -2.34. The number of ether oxygens (including phenoxy) is 1.